The molecule has 146 valence electrons. The van der Waals surface area contributed by atoms with Gasteiger partial charge in [-0.15, -0.1) is 0 Å². The lowest BCUT2D eigenvalue weighted by molar-refractivity contribution is -0.144. The van der Waals surface area contributed by atoms with E-state index in [9.17, 15) is 14.4 Å². The van der Waals surface area contributed by atoms with Crippen LogP contribution in [-0.4, -0.2) is 32.8 Å². The van der Waals surface area contributed by atoms with Gasteiger partial charge in [0.05, 0.1) is 10.7 Å². The van der Waals surface area contributed by atoms with Gasteiger partial charge in [-0.25, -0.2) is 0 Å². The summed E-state index contributed by atoms with van der Waals surface area (Å²) in [7, 11) is 0. The molecule has 0 unspecified atom stereocenters. The highest BCUT2D eigenvalue weighted by molar-refractivity contribution is 8.15. The molecule has 2 atom stereocenters. The van der Waals surface area contributed by atoms with Crippen LogP contribution >= 0.6 is 23.5 Å². The highest BCUT2D eigenvalue weighted by Crippen LogP contribution is 2.40. The maximum Gasteiger partial charge on any atom is 0.310 e. The molecule has 6 heteroatoms. The molecule has 1 fully saturated rings. The van der Waals surface area contributed by atoms with E-state index in [4.69, 9.17) is 4.74 Å². The minimum Gasteiger partial charge on any atom is -0.461 e. The zero-order valence-electron chi connectivity index (χ0n) is 15.8. The second kappa shape index (κ2) is 8.97. The first-order valence-corrected chi connectivity index (χ1v) is 10.9. The summed E-state index contributed by atoms with van der Waals surface area (Å²) in [6.45, 7) is 3.84. The van der Waals surface area contributed by atoms with Crippen LogP contribution in [0.1, 0.15) is 41.0 Å². The number of rotatable bonds is 6. The average Bonchev–Trinajstić information content (AvgIpc) is 3.09. The molecule has 0 amide bonds. The van der Waals surface area contributed by atoms with Gasteiger partial charge in [-0.3, -0.25) is 14.4 Å². The number of cyclic esters (lactones) is 1. The number of hydrogen-bond acceptors (Lipinski definition) is 6. The monoisotopic (exact) mass is 414 g/mol. The maximum atomic E-state index is 12.5. The van der Waals surface area contributed by atoms with E-state index in [0.717, 1.165) is 11.8 Å². The number of ether oxygens (including phenoxy) is 1. The van der Waals surface area contributed by atoms with Crippen molar-refractivity contribution in [3.05, 3.63) is 71.8 Å². The van der Waals surface area contributed by atoms with E-state index in [1.807, 2.05) is 50.2 Å². The average molecular weight is 415 g/mol. The van der Waals surface area contributed by atoms with Crippen LogP contribution in [0.25, 0.3) is 0 Å². The van der Waals surface area contributed by atoms with Gasteiger partial charge in [0.15, 0.2) is 0 Å². The van der Waals surface area contributed by atoms with Crippen LogP contribution in [0.15, 0.2) is 60.7 Å². The number of hydrogen-bond donors (Lipinski definition) is 0. The van der Waals surface area contributed by atoms with Gasteiger partial charge >= 0.3 is 5.97 Å². The molecule has 0 aliphatic carbocycles. The lowest BCUT2D eigenvalue weighted by atomic mass is 9.99. The van der Waals surface area contributed by atoms with E-state index in [1.165, 1.54) is 11.8 Å². The van der Waals surface area contributed by atoms with Crippen LogP contribution in [0.4, 0.5) is 0 Å². The highest BCUT2D eigenvalue weighted by Gasteiger charge is 2.44. The molecule has 0 aromatic heterocycles. The smallest absolute Gasteiger partial charge is 0.310 e. The Kier molecular flexibility index (Phi) is 6.62. The van der Waals surface area contributed by atoms with Crippen molar-refractivity contribution in [2.24, 2.45) is 5.92 Å². The van der Waals surface area contributed by atoms with Crippen LogP contribution in [0.5, 0.6) is 0 Å². The van der Waals surface area contributed by atoms with E-state index >= 15 is 0 Å². The molecular formula is C22H22O4S2. The zero-order valence-corrected chi connectivity index (χ0v) is 17.4. The van der Waals surface area contributed by atoms with Crippen molar-refractivity contribution >= 4 is 39.7 Å². The van der Waals surface area contributed by atoms with E-state index in [0.29, 0.717) is 23.3 Å². The van der Waals surface area contributed by atoms with E-state index < -0.39 is 4.75 Å². The van der Waals surface area contributed by atoms with Crippen molar-refractivity contribution in [2.75, 3.05) is 5.75 Å². The van der Waals surface area contributed by atoms with E-state index in [1.54, 1.807) is 24.3 Å². The lowest BCUT2D eigenvalue weighted by Crippen LogP contribution is -2.34. The van der Waals surface area contributed by atoms with Crippen molar-refractivity contribution < 1.29 is 19.1 Å². The summed E-state index contributed by atoms with van der Waals surface area (Å²) < 4.78 is 5.03. The maximum absolute atomic E-state index is 12.5. The molecular weight excluding hydrogens is 392 g/mol. The molecule has 0 saturated carbocycles. The summed E-state index contributed by atoms with van der Waals surface area (Å²) in [6, 6.07) is 18.1. The first kappa shape index (κ1) is 20.7. The predicted molar refractivity (Wildman–Crippen MR) is 114 cm³/mol. The molecule has 0 spiro atoms. The zero-order chi connectivity index (χ0) is 20.1. The summed E-state index contributed by atoms with van der Waals surface area (Å²) in [5.41, 5.74) is 1.25. The largest absolute Gasteiger partial charge is 0.461 e. The molecule has 2 aromatic carbocycles. The molecule has 1 saturated heterocycles. The van der Waals surface area contributed by atoms with Gasteiger partial charge in [0.1, 0.15) is 6.10 Å². The Morgan fingerprint density at radius 1 is 0.964 bits per heavy atom. The predicted octanol–water partition coefficient (Wildman–Crippen LogP) is 4.84. The second-order valence-corrected chi connectivity index (χ2v) is 9.80. The van der Waals surface area contributed by atoms with Gasteiger partial charge in [0, 0.05) is 16.9 Å². The Morgan fingerprint density at radius 2 is 1.50 bits per heavy atom. The van der Waals surface area contributed by atoms with Crippen LogP contribution in [0, 0.1) is 5.92 Å². The second-order valence-electron chi connectivity index (χ2n) is 7.18. The third kappa shape index (κ3) is 5.06. The number of benzene rings is 2. The van der Waals surface area contributed by atoms with Crippen molar-refractivity contribution in [2.45, 2.75) is 31.1 Å². The minimum atomic E-state index is -0.550. The third-order valence-corrected chi connectivity index (χ3v) is 6.93. The lowest BCUT2D eigenvalue weighted by Gasteiger charge is -2.28. The molecule has 2 aromatic rings. The van der Waals surface area contributed by atoms with E-state index in [-0.39, 0.29) is 28.2 Å². The van der Waals surface area contributed by atoms with Crippen molar-refractivity contribution in [3.8, 4) is 0 Å². The molecule has 0 radical (unpaired) electrons. The standard InChI is InChI=1S/C22H22O4S2/c1-22(2,28-21(25)16-11-7-4-8-12-16)18-13-17(19(23)26-18)14-27-20(24)15-9-5-3-6-10-15/h3-12,17-18H,13-14H2,1-2H3/t17-,18+/m0/s1. The first-order chi connectivity index (χ1) is 13.4. The van der Waals surface area contributed by atoms with Crippen molar-refractivity contribution in [3.63, 3.8) is 0 Å². The van der Waals surface area contributed by atoms with Gasteiger partial charge in [0.2, 0.25) is 10.2 Å². The van der Waals surface area contributed by atoms with Crippen molar-refractivity contribution in [1.29, 1.82) is 0 Å². The van der Waals surface area contributed by atoms with Crippen LogP contribution in [-0.2, 0) is 9.53 Å². The fraction of sp³-hybridized carbons (Fsp3) is 0.318. The highest BCUT2D eigenvalue weighted by atomic mass is 32.2. The third-order valence-electron chi connectivity index (χ3n) is 4.66. The molecule has 1 aliphatic heterocycles. The van der Waals surface area contributed by atoms with Gasteiger partial charge in [-0.05, 0) is 20.3 Å². The topological polar surface area (TPSA) is 60.4 Å². The molecule has 4 nitrogen and oxygen atoms in total. The summed E-state index contributed by atoms with van der Waals surface area (Å²) in [4.78, 5) is 37.1. The number of thioether (sulfide) groups is 2. The number of carbonyl (C=O) groups is 3. The normalized spacial score (nSPS) is 19.3. The molecule has 0 N–H and O–H groups in total. The molecule has 1 heterocycles. The quantitative estimate of drug-likeness (QED) is 0.630. The Labute approximate surface area is 173 Å². The Balaban J connectivity index is 1.57. The van der Waals surface area contributed by atoms with Crippen molar-refractivity contribution in [1.82, 2.24) is 0 Å². The first-order valence-electron chi connectivity index (χ1n) is 9.08. The SMILES string of the molecule is CC(C)(SC(=O)c1ccccc1)[C@H]1C[C@@H](CSC(=O)c2ccccc2)C(=O)O1. The molecule has 28 heavy (non-hydrogen) atoms. The van der Waals surface area contributed by atoms with Gasteiger partial charge in [0.25, 0.3) is 0 Å². The van der Waals surface area contributed by atoms with Gasteiger partial charge in [-0.1, -0.05) is 84.2 Å². The fourth-order valence-electron chi connectivity index (χ4n) is 2.97. The molecule has 1 aliphatic rings. The van der Waals surface area contributed by atoms with Crippen LogP contribution < -0.4 is 0 Å². The summed E-state index contributed by atoms with van der Waals surface area (Å²) in [6.07, 6.45) is 0.144. The minimum absolute atomic E-state index is 0.0428. The van der Waals surface area contributed by atoms with Crippen LogP contribution in [0.2, 0.25) is 0 Å². The Morgan fingerprint density at radius 3 is 2.07 bits per heavy atom. The number of carbonyl (C=O) groups excluding carboxylic acids is 3. The van der Waals surface area contributed by atoms with Gasteiger partial charge < -0.3 is 4.74 Å². The fourth-order valence-corrected chi connectivity index (χ4v) is 4.91. The molecule has 0 bridgehead atoms. The molecule has 3 rings (SSSR count). The van der Waals surface area contributed by atoms with Crippen LogP contribution in [0.3, 0.4) is 0 Å². The van der Waals surface area contributed by atoms with E-state index in [2.05, 4.69) is 0 Å². The Bertz CT molecular complexity index is 849. The summed E-state index contributed by atoms with van der Waals surface area (Å²) in [5, 5.41) is -0.0940. The number of esters is 1. The summed E-state index contributed by atoms with van der Waals surface area (Å²) >= 11 is 2.33. The summed E-state index contributed by atoms with van der Waals surface area (Å²) in [5.74, 6) is -0.246. The van der Waals surface area contributed by atoms with Gasteiger partial charge in [-0.2, -0.15) is 0 Å². The Hall–Kier alpha value is -2.05.